The van der Waals surface area contributed by atoms with Gasteiger partial charge in [0.25, 0.3) is 0 Å². The summed E-state index contributed by atoms with van der Waals surface area (Å²) in [5.41, 5.74) is 0. The highest BCUT2D eigenvalue weighted by molar-refractivity contribution is 6.31. The molecule has 0 aromatic carbocycles. The zero-order valence-corrected chi connectivity index (χ0v) is 7.46. The van der Waals surface area contributed by atoms with Crippen molar-refractivity contribution in [2.45, 2.75) is 18.5 Å². The summed E-state index contributed by atoms with van der Waals surface area (Å²) in [5, 5.41) is 9.96. The number of ether oxygens (including phenoxy) is 1. The zero-order valence-electron chi connectivity index (χ0n) is 6.70. The Morgan fingerprint density at radius 3 is 2.42 bits per heavy atom. The Morgan fingerprint density at radius 2 is 2.08 bits per heavy atom. The normalized spacial score (nSPS) is 14.7. The molecule has 0 aliphatic rings. The second kappa shape index (κ2) is 4.95. The lowest BCUT2D eigenvalue weighted by molar-refractivity contribution is -0.127. The minimum absolute atomic E-state index is 0.679. The standard InChI is InChI=1S/C6H10ClNO4/c1-3(7)4(9)5(10)8-6(11)12-2/h3,5,10H,1-2H3,(H,8,11)/t3?,5-/m0/s1. The van der Waals surface area contributed by atoms with Crippen molar-refractivity contribution in [2.75, 3.05) is 7.11 Å². The summed E-state index contributed by atoms with van der Waals surface area (Å²) in [6, 6.07) is 0. The number of rotatable bonds is 3. The second-order valence-corrected chi connectivity index (χ2v) is 2.71. The molecule has 5 nitrogen and oxygen atoms in total. The SMILES string of the molecule is COC(=O)N[C@@H](O)C(=O)C(C)Cl. The van der Waals surface area contributed by atoms with Crippen molar-refractivity contribution in [3.05, 3.63) is 0 Å². The highest BCUT2D eigenvalue weighted by Crippen LogP contribution is 1.98. The molecule has 0 fully saturated rings. The molecule has 0 rings (SSSR count). The first-order valence-electron chi connectivity index (χ1n) is 3.19. The Bertz CT molecular complexity index is 182. The fourth-order valence-electron chi connectivity index (χ4n) is 0.459. The molecular weight excluding hydrogens is 186 g/mol. The molecule has 0 spiro atoms. The van der Waals surface area contributed by atoms with Crippen molar-refractivity contribution in [3.63, 3.8) is 0 Å². The third-order valence-corrected chi connectivity index (χ3v) is 1.32. The molecule has 6 heteroatoms. The maximum atomic E-state index is 10.8. The van der Waals surface area contributed by atoms with Crippen LogP contribution in [0, 0.1) is 0 Å². The van der Waals surface area contributed by atoms with Gasteiger partial charge in [-0.2, -0.15) is 0 Å². The van der Waals surface area contributed by atoms with E-state index in [9.17, 15) is 9.59 Å². The first-order valence-corrected chi connectivity index (χ1v) is 3.63. The first-order chi connectivity index (χ1) is 5.49. The molecule has 0 heterocycles. The number of aliphatic hydroxyl groups excluding tert-OH is 1. The number of nitrogens with one attached hydrogen (secondary N) is 1. The molecule has 0 saturated carbocycles. The van der Waals surface area contributed by atoms with E-state index in [4.69, 9.17) is 16.7 Å². The van der Waals surface area contributed by atoms with Crippen molar-refractivity contribution < 1.29 is 19.4 Å². The van der Waals surface area contributed by atoms with E-state index >= 15 is 0 Å². The molecule has 0 radical (unpaired) electrons. The van der Waals surface area contributed by atoms with Crippen LogP contribution in [0.1, 0.15) is 6.92 Å². The molecule has 0 aliphatic heterocycles. The van der Waals surface area contributed by atoms with Crippen LogP contribution in [-0.4, -0.2) is 35.7 Å². The van der Waals surface area contributed by atoms with E-state index in [2.05, 4.69) is 4.74 Å². The average molecular weight is 196 g/mol. The molecule has 0 aromatic rings. The third kappa shape index (κ3) is 3.54. The van der Waals surface area contributed by atoms with E-state index in [1.165, 1.54) is 6.92 Å². The number of methoxy groups -OCH3 is 1. The molecule has 1 unspecified atom stereocenters. The van der Waals surface area contributed by atoms with E-state index in [-0.39, 0.29) is 0 Å². The number of amides is 1. The van der Waals surface area contributed by atoms with Crippen LogP contribution in [0.2, 0.25) is 0 Å². The van der Waals surface area contributed by atoms with Gasteiger partial charge in [-0.25, -0.2) is 4.79 Å². The Balaban J connectivity index is 3.95. The highest BCUT2D eigenvalue weighted by atomic mass is 35.5. The molecule has 0 saturated heterocycles. The van der Waals surface area contributed by atoms with Gasteiger partial charge in [0.05, 0.1) is 12.5 Å². The molecule has 2 N–H and O–H groups in total. The summed E-state index contributed by atoms with van der Waals surface area (Å²) in [7, 11) is 1.12. The van der Waals surface area contributed by atoms with Gasteiger partial charge in [-0.05, 0) is 6.92 Å². The first kappa shape index (κ1) is 11.2. The fourth-order valence-corrected chi connectivity index (χ4v) is 0.579. The number of Topliss-reactive ketones (excluding diaryl/α,β-unsaturated/α-hetero) is 1. The predicted octanol–water partition coefficient (Wildman–Crippen LogP) is -0.143. The van der Waals surface area contributed by atoms with Gasteiger partial charge in [-0.1, -0.05) is 0 Å². The van der Waals surface area contributed by atoms with Crippen molar-refractivity contribution in [3.8, 4) is 0 Å². The number of alkyl carbamates (subject to hydrolysis) is 1. The predicted molar refractivity (Wildman–Crippen MR) is 41.9 cm³/mol. The molecule has 70 valence electrons. The summed E-state index contributed by atoms with van der Waals surface area (Å²) in [6.07, 6.45) is -2.49. The smallest absolute Gasteiger partial charge is 0.409 e. The topological polar surface area (TPSA) is 75.6 Å². The number of hydrogen-bond acceptors (Lipinski definition) is 4. The van der Waals surface area contributed by atoms with Gasteiger partial charge in [0.15, 0.2) is 12.0 Å². The number of halogens is 1. The van der Waals surface area contributed by atoms with Crippen LogP contribution in [-0.2, 0) is 9.53 Å². The van der Waals surface area contributed by atoms with Gasteiger partial charge < -0.3 is 9.84 Å². The Morgan fingerprint density at radius 1 is 1.58 bits per heavy atom. The highest BCUT2D eigenvalue weighted by Gasteiger charge is 2.21. The van der Waals surface area contributed by atoms with E-state index in [0.29, 0.717) is 0 Å². The molecule has 1 amide bonds. The van der Waals surface area contributed by atoms with Gasteiger partial charge in [0.2, 0.25) is 0 Å². The van der Waals surface area contributed by atoms with Crippen LogP contribution >= 0.6 is 11.6 Å². The van der Waals surface area contributed by atoms with Gasteiger partial charge in [-0.3, -0.25) is 10.1 Å². The van der Waals surface area contributed by atoms with E-state index < -0.39 is 23.5 Å². The lowest BCUT2D eigenvalue weighted by atomic mass is 10.3. The number of aliphatic hydroxyl groups is 1. The van der Waals surface area contributed by atoms with Gasteiger partial charge in [0.1, 0.15) is 0 Å². The molecule has 0 aliphatic carbocycles. The van der Waals surface area contributed by atoms with Crippen LogP contribution in [0.25, 0.3) is 0 Å². The molecule has 0 bridgehead atoms. The monoisotopic (exact) mass is 195 g/mol. The number of hydrogen-bond donors (Lipinski definition) is 2. The Labute approximate surface area is 74.6 Å². The largest absolute Gasteiger partial charge is 0.453 e. The molecule has 12 heavy (non-hydrogen) atoms. The molecule has 2 atom stereocenters. The van der Waals surface area contributed by atoms with E-state index in [0.717, 1.165) is 7.11 Å². The summed E-state index contributed by atoms with van der Waals surface area (Å²) >= 11 is 5.35. The average Bonchev–Trinajstić information content (AvgIpc) is 2.02. The zero-order chi connectivity index (χ0) is 9.72. The maximum Gasteiger partial charge on any atom is 0.409 e. The third-order valence-electron chi connectivity index (χ3n) is 1.10. The number of alkyl halides is 1. The summed E-state index contributed by atoms with van der Waals surface area (Å²) in [4.78, 5) is 21.3. The second-order valence-electron chi connectivity index (χ2n) is 2.06. The van der Waals surface area contributed by atoms with E-state index in [1.54, 1.807) is 0 Å². The van der Waals surface area contributed by atoms with Crippen molar-refractivity contribution in [2.24, 2.45) is 0 Å². The van der Waals surface area contributed by atoms with Crippen LogP contribution in [0.15, 0.2) is 0 Å². The van der Waals surface area contributed by atoms with Crippen molar-refractivity contribution in [1.29, 1.82) is 0 Å². The van der Waals surface area contributed by atoms with Crippen molar-refractivity contribution in [1.82, 2.24) is 5.32 Å². The molecule has 0 aromatic heterocycles. The number of carbonyl (C=O) groups excluding carboxylic acids is 2. The van der Waals surface area contributed by atoms with Gasteiger partial charge in [0, 0.05) is 0 Å². The Kier molecular flexibility index (Phi) is 4.61. The van der Waals surface area contributed by atoms with Crippen LogP contribution < -0.4 is 5.32 Å². The molecular formula is C6H10ClNO4. The van der Waals surface area contributed by atoms with Gasteiger partial charge in [-0.15, -0.1) is 11.6 Å². The maximum absolute atomic E-state index is 10.8. The van der Waals surface area contributed by atoms with Crippen LogP contribution in [0.5, 0.6) is 0 Å². The summed E-state index contributed by atoms with van der Waals surface area (Å²) < 4.78 is 4.15. The number of carbonyl (C=O) groups is 2. The minimum atomic E-state index is -1.61. The lowest BCUT2D eigenvalue weighted by Gasteiger charge is -2.11. The minimum Gasteiger partial charge on any atom is -0.453 e. The van der Waals surface area contributed by atoms with Crippen molar-refractivity contribution >= 4 is 23.5 Å². The van der Waals surface area contributed by atoms with Gasteiger partial charge >= 0.3 is 6.09 Å². The van der Waals surface area contributed by atoms with Crippen LogP contribution in [0.4, 0.5) is 4.79 Å². The number of ketones is 1. The van der Waals surface area contributed by atoms with Crippen LogP contribution in [0.3, 0.4) is 0 Å². The summed E-state index contributed by atoms with van der Waals surface area (Å²) in [6.45, 7) is 1.39. The quantitative estimate of drug-likeness (QED) is 0.486. The summed E-state index contributed by atoms with van der Waals surface area (Å²) in [5.74, 6) is -0.679. The van der Waals surface area contributed by atoms with E-state index in [1.807, 2.05) is 5.32 Å². The Hall–Kier alpha value is -0.810. The fraction of sp³-hybridized carbons (Fsp3) is 0.667. The lowest BCUT2D eigenvalue weighted by Crippen LogP contribution is -2.43.